The van der Waals surface area contributed by atoms with Crippen LogP contribution in [0.15, 0.2) is 42.5 Å². The molecular formula is C22H27F2N3O3. The summed E-state index contributed by atoms with van der Waals surface area (Å²) in [6.07, 6.45) is 0. The first-order chi connectivity index (χ1) is 14.4. The number of alkyl halides is 2. The Kier molecular flexibility index (Phi) is 7.59. The number of nitrogens with zero attached hydrogens (tertiary/aromatic N) is 2. The van der Waals surface area contributed by atoms with Crippen molar-refractivity contribution in [2.45, 2.75) is 19.7 Å². The van der Waals surface area contributed by atoms with Crippen molar-refractivity contribution in [1.82, 2.24) is 15.1 Å². The predicted octanol–water partition coefficient (Wildman–Crippen LogP) is 2.97. The Morgan fingerprint density at radius 1 is 1.07 bits per heavy atom. The number of carbonyl (C=O) groups excluding carboxylic acids is 1. The predicted molar refractivity (Wildman–Crippen MR) is 110 cm³/mol. The molecule has 0 bridgehead atoms. The van der Waals surface area contributed by atoms with Gasteiger partial charge >= 0.3 is 6.61 Å². The van der Waals surface area contributed by atoms with Gasteiger partial charge in [-0.1, -0.05) is 24.3 Å². The average molecular weight is 419 g/mol. The number of piperazine rings is 1. The molecule has 0 unspecified atom stereocenters. The van der Waals surface area contributed by atoms with Gasteiger partial charge in [0.1, 0.15) is 0 Å². The van der Waals surface area contributed by atoms with Crippen LogP contribution in [-0.4, -0.2) is 62.7 Å². The summed E-state index contributed by atoms with van der Waals surface area (Å²) in [5.74, 6) is -0.348. The van der Waals surface area contributed by atoms with Gasteiger partial charge in [0.25, 0.3) is 5.91 Å². The minimum absolute atomic E-state index is 0.0807. The highest BCUT2D eigenvalue weighted by atomic mass is 19.3. The van der Waals surface area contributed by atoms with Crippen LogP contribution < -0.4 is 14.8 Å². The van der Waals surface area contributed by atoms with Gasteiger partial charge in [0.2, 0.25) is 0 Å². The zero-order valence-corrected chi connectivity index (χ0v) is 17.2. The smallest absolute Gasteiger partial charge is 0.387 e. The van der Waals surface area contributed by atoms with Crippen LogP contribution in [-0.2, 0) is 13.1 Å². The average Bonchev–Trinajstić information content (AvgIpc) is 2.74. The van der Waals surface area contributed by atoms with E-state index in [0.29, 0.717) is 12.1 Å². The van der Waals surface area contributed by atoms with Gasteiger partial charge in [0.15, 0.2) is 11.5 Å². The van der Waals surface area contributed by atoms with E-state index in [2.05, 4.69) is 39.0 Å². The van der Waals surface area contributed by atoms with Crippen molar-refractivity contribution in [3.05, 3.63) is 59.2 Å². The number of halogens is 2. The number of carbonyl (C=O) groups is 1. The Morgan fingerprint density at radius 3 is 2.50 bits per heavy atom. The third kappa shape index (κ3) is 6.14. The molecule has 1 aliphatic rings. The quantitative estimate of drug-likeness (QED) is 0.713. The normalized spacial score (nSPS) is 15.2. The molecule has 1 heterocycles. The first-order valence-electron chi connectivity index (χ1n) is 9.84. The van der Waals surface area contributed by atoms with Gasteiger partial charge in [-0.25, -0.2) is 0 Å². The van der Waals surface area contributed by atoms with E-state index in [9.17, 15) is 13.6 Å². The first-order valence-corrected chi connectivity index (χ1v) is 9.84. The van der Waals surface area contributed by atoms with Crippen LogP contribution in [0.2, 0.25) is 0 Å². The lowest BCUT2D eigenvalue weighted by Crippen LogP contribution is -2.43. The topological polar surface area (TPSA) is 54.0 Å². The molecule has 1 N–H and O–H groups in total. The van der Waals surface area contributed by atoms with Gasteiger partial charge < -0.3 is 19.7 Å². The SMILES string of the molecule is COc1cc(C(=O)NCc2cccc(CN3CCN(C)CC3)c2)ccc1OC(F)F. The van der Waals surface area contributed by atoms with Crippen molar-refractivity contribution in [2.24, 2.45) is 0 Å². The van der Waals surface area contributed by atoms with E-state index in [-0.39, 0.29) is 17.4 Å². The Hall–Kier alpha value is -2.71. The summed E-state index contributed by atoms with van der Waals surface area (Å²) in [5.41, 5.74) is 2.52. The fraction of sp³-hybridized carbons (Fsp3) is 0.409. The summed E-state index contributed by atoms with van der Waals surface area (Å²) in [6, 6.07) is 12.3. The molecule has 0 spiro atoms. The van der Waals surface area contributed by atoms with Crippen LogP contribution in [0, 0.1) is 0 Å². The lowest BCUT2D eigenvalue weighted by Gasteiger charge is -2.32. The maximum atomic E-state index is 12.5. The fourth-order valence-electron chi connectivity index (χ4n) is 3.39. The lowest BCUT2D eigenvalue weighted by atomic mass is 10.1. The number of rotatable bonds is 8. The number of nitrogens with one attached hydrogen (secondary N) is 1. The van der Waals surface area contributed by atoms with Crippen LogP contribution >= 0.6 is 0 Å². The highest BCUT2D eigenvalue weighted by Crippen LogP contribution is 2.29. The number of ether oxygens (including phenoxy) is 2. The first kappa shape index (κ1) is 22.0. The van der Waals surface area contributed by atoms with E-state index in [1.54, 1.807) is 0 Å². The Morgan fingerprint density at radius 2 is 1.80 bits per heavy atom. The highest BCUT2D eigenvalue weighted by molar-refractivity contribution is 5.94. The lowest BCUT2D eigenvalue weighted by molar-refractivity contribution is -0.0512. The summed E-state index contributed by atoms with van der Waals surface area (Å²) in [7, 11) is 3.47. The highest BCUT2D eigenvalue weighted by Gasteiger charge is 2.15. The number of hydrogen-bond donors (Lipinski definition) is 1. The molecule has 1 amide bonds. The van der Waals surface area contributed by atoms with Gasteiger partial charge in [0.05, 0.1) is 7.11 Å². The molecule has 0 atom stereocenters. The fourth-order valence-corrected chi connectivity index (χ4v) is 3.39. The van der Waals surface area contributed by atoms with E-state index in [4.69, 9.17) is 4.74 Å². The molecule has 1 saturated heterocycles. The number of hydrogen-bond acceptors (Lipinski definition) is 5. The van der Waals surface area contributed by atoms with E-state index in [1.165, 1.54) is 30.9 Å². The van der Waals surface area contributed by atoms with E-state index in [1.807, 2.05) is 12.1 Å². The molecule has 1 aliphatic heterocycles. The zero-order chi connectivity index (χ0) is 21.5. The maximum Gasteiger partial charge on any atom is 0.387 e. The molecule has 2 aromatic rings. The van der Waals surface area contributed by atoms with Crippen LogP contribution in [0.25, 0.3) is 0 Å². The second-order valence-corrected chi connectivity index (χ2v) is 7.33. The molecule has 3 rings (SSSR count). The second kappa shape index (κ2) is 10.4. The number of amides is 1. The Labute approximate surface area is 175 Å². The molecule has 1 fully saturated rings. The van der Waals surface area contributed by atoms with E-state index >= 15 is 0 Å². The van der Waals surface area contributed by atoms with Gasteiger partial charge in [-0.05, 0) is 36.4 Å². The molecule has 2 aromatic carbocycles. The second-order valence-electron chi connectivity index (χ2n) is 7.33. The van der Waals surface area contributed by atoms with Crippen molar-refractivity contribution in [2.75, 3.05) is 40.3 Å². The summed E-state index contributed by atoms with van der Waals surface area (Å²) in [5, 5.41) is 2.86. The molecule has 6 nitrogen and oxygen atoms in total. The molecule has 0 saturated carbocycles. The largest absolute Gasteiger partial charge is 0.493 e. The number of methoxy groups -OCH3 is 1. The van der Waals surface area contributed by atoms with Crippen LogP contribution in [0.1, 0.15) is 21.5 Å². The van der Waals surface area contributed by atoms with Gasteiger partial charge in [-0.15, -0.1) is 0 Å². The summed E-state index contributed by atoms with van der Waals surface area (Å²) in [6.45, 7) is 2.53. The zero-order valence-electron chi connectivity index (χ0n) is 17.2. The maximum absolute atomic E-state index is 12.5. The minimum Gasteiger partial charge on any atom is -0.493 e. The summed E-state index contributed by atoms with van der Waals surface area (Å²) >= 11 is 0. The van der Waals surface area contributed by atoms with Crippen molar-refractivity contribution >= 4 is 5.91 Å². The standard InChI is InChI=1S/C22H27F2N3O3/c1-26-8-10-27(11-9-26)15-17-5-3-4-16(12-17)14-25-21(28)18-6-7-19(30-22(23)24)20(13-18)29-2/h3-7,12-13,22H,8-11,14-15H2,1-2H3,(H,25,28). The molecule has 30 heavy (non-hydrogen) atoms. The van der Waals surface area contributed by atoms with Crippen molar-refractivity contribution < 1.29 is 23.0 Å². The molecule has 8 heteroatoms. The van der Waals surface area contributed by atoms with Crippen LogP contribution in [0.5, 0.6) is 11.5 Å². The van der Waals surface area contributed by atoms with Crippen molar-refractivity contribution in [1.29, 1.82) is 0 Å². The van der Waals surface area contributed by atoms with Gasteiger partial charge in [-0.3, -0.25) is 9.69 Å². The van der Waals surface area contributed by atoms with Crippen molar-refractivity contribution in [3.8, 4) is 11.5 Å². The molecular weight excluding hydrogens is 392 g/mol. The van der Waals surface area contributed by atoms with Crippen LogP contribution in [0.4, 0.5) is 8.78 Å². The molecule has 162 valence electrons. The molecule has 0 radical (unpaired) electrons. The number of benzene rings is 2. The van der Waals surface area contributed by atoms with Crippen LogP contribution in [0.3, 0.4) is 0 Å². The molecule has 0 aliphatic carbocycles. The minimum atomic E-state index is -2.96. The monoisotopic (exact) mass is 419 g/mol. The summed E-state index contributed by atoms with van der Waals surface area (Å²) < 4.78 is 34.3. The number of likely N-dealkylation sites (N-methyl/N-ethyl adjacent to an activating group) is 1. The van der Waals surface area contributed by atoms with Gasteiger partial charge in [0, 0.05) is 44.8 Å². The Balaban J connectivity index is 1.58. The van der Waals surface area contributed by atoms with Gasteiger partial charge in [-0.2, -0.15) is 8.78 Å². The van der Waals surface area contributed by atoms with E-state index < -0.39 is 6.61 Å². The molecule has 0 aromatic heterocycles. The van der Waals surface area contributed by atoms with E-state index in [0.717, 1.165) is 38.3 Å². The van der Waals surface area contributed by atoms with Crippen molar-refractivity contribution in [3.63, 3.8) is 0 Å². The summed E-state index contributed by atoms with van der Waals surface area (Å²) in [4.78, 5) is 17.2. The third-order valence-electron chi connectivity index (χ3n) is 5.09. The Bertz CT molecular complexity index is 855. The third-order valence-corrected chi connectivity index (χ3v) is 5.09.